The minimum absolute atomic E-state index is 0.0176. The number of aliphatic hydroxyl groups is 1. The van der Waals surface area contributed by atoms with Gasteiger partial charge in [0, 0.05) is 13.7 Å². The Morgan fingerprint density at radius 3 is 2.52 bits per heavy atom. The van der Waals surface area contributed by atoms with Crippen molar-refractivity contribution in [3.8, 4) is 0 Å². The summed E-state index contributed by atoms with van der Waals surface area (Å²) in [6.07, 6.45) is 2.88. The Morgan fingerprint density at radius 1 is 1.29 bits per heavy atom. The monoisotopic (exact) mass is 303 g/mol. The summed E-state index contributed by atoms with van der Waals surface area (Å²) >= 11 is 0. The Balaban J connectivity index is 2.04. The first-order chi connectivity index (χ1) is 10.0. The molecule has 0 aliphatic heterocycles. The molecule has 6 heteroatoms. The Kier molecular flexibility index (Phi) is 8.84. The summed E-state index contributed by atoms with van der Waals surface area (Å²) in [5, 5.41) is 22.0. The van der Waals surface area contributed by atoms with Crippen LogP contribution in [0.25, 0.3) is 0 Å². The van der Waals surface area contributed by atoms with Gasteiger partial charge in [-0.05, 0) is 45.1 Å². The standard InChI is InChI=1S/C15H29NO5/c1-11(9-20-2)21-10-14(17)8-16-7-12-3-5-13(6-4-12)15(18)19/h11-14,16-17H,3-10H2,1-2H3,(H,18,19). The number of nitrogens with one attached hydrogen (secondary N) is 1. The number of hydrogen-bond donors (Lipinski definition) is 3. The van der Waals surface area contributed by atoms with E-state index in [-0.39, 0.29) is 12.0 Å². The summed E-state index contributed by atoms with van der Waals surface area (Å²) in [6, 6.07) is 0. The number of aliphatic carboxylic acids is 1. The van der Waals surface area contributed by atoms with E-state index in [0.717, 1.165) is 32.2 Å². The van der Waals surface area contributed by atoms with E-state index in [1.54, 1.807) is 7.11 Å². The largest absolute Gasteiger partial charge is 0.481 e. The lowest BCUT2D eigenvalue weighted by Gasteiger charge is -2.26. The van der Waals surface area contributed by atoms with Gasteiger partial charge in [-0.1, -0.05) is 0 Å². The molecule has 0 aromatic rings. The predicted molar refractivity (Wildman–Crippen MR) is 79.3 cm³/mol. The van der Waals surface area contributed by atoms with Crippen molar-refractivity contribution >= 4 is 5.97 Å². The van der Waals surface area contributed by atoms with Gasteiger partial charge in [-0.15, -0.1) is 0 Å². The molecule has 0 saturated heterocycles. The lowest BCUT2D eigenvalue weighted by molar-refractivity contribution is -0.143. The molecule has 21 heavy (non-hydrogen) atoms. The van der Waals surface area contributed by atoms with Gasteiger partial charge < -0.3 is 25.0 Å². The first-order valence-electron chi connectivity index (χ1n) is 7.75. The number of rotatable bonds is 10. The number of methoxy groups -OCH3 is 1. The average molecular weight is 303 g/mol. The van der Waals surface area contributed by atoms with Crippen molar-refractivity contribution in [2.24, 2.45) is 11.8 Å². The molecule has 2 atom stereocenters. The Morgan fingerprint density at radius 2 is 1.95 bits per heavy atom. The summed E-state index contributed by atoms with van der Waals surface area (Å²) in [6.45, 7) is 4.05. The van der Waals surface area contributed by atoms with E-state index in [0.29, 0.717) is 25.7 Å². The zero-order chi connectivity index (χ0) is 15.7. The van der Waals surface area contributed by atoms with Crippen LogP contribution in [0.2, 0.25) is 0 Å². The third kappa shape index (κ3) is 7.76. The highest BCUT2D eigenvalue weighted by atomic mass is 16.5. The van der Waals surface area contributed by atoms with Crippen molar-refractivity contribution in [1.82, 2.24) is 5.32 Å². The van der Waals surface area contributed by atoms with Gasteiger partial charge in [0.25, 0.3) is 0 Å². The molecule has 1 rings (SSSR count). The molecule has 124 valence electrons. The second kappa shape index (κ2) is 10.1. The fourth-order valence-electron chi connectivity index (χ4n) is 2.68. The molecule has 1 saturated carbocycles. The normalized spacial score (nSPS) is 25.5. The van der Waals surface area contributed by atoms with Crippen molar-refractivity contribution in [3.05, 3.63) is 0 Å². The summed E-state index contributed by atoms with van der Waals surface area (Å²) < 4.78 is 10.4. The van der Waals surface area contributed by atoms with Crippen LogP contribution >= 0.6 is 0 Å². The minimum atomic E-state index is -0.667. The minimum Gasteiger partial charge on any atom is -0.481 e. The van der Waals surface area contributed by atoms with Crippen molar-refractivity contribution in [2.45, 2.75) is 44.8 Å². The Hall–Kier alpha value is -0.690. The van der Waals surface area contributed by atoms with Gasteiger partial charge in [-0.3, -0.25) is 4.79 Å². The van der Waals surface area contributed by atoms with Crippen LogP contribution in [0, 0.1) is 11.8 Å². The quantitative estimate of drug-likeness (QED) is 0.555. The highest BCUT2D eigenvalue weighted by Gasteiger charge is 2.25. The van der Waals surface area contributed by atoms with Gasteiger partial charge in [0.1, 0.15) is 0 Å². The number of ether oxygens (including phenoxy) is 2. The maximum absolute atomic E-state index is 10.9. The highest BCUT2D eigenvalue weighted by Crippen LogP contribution is 2.28. The maximum Gasteiger partial charge on any atom is 0.306 e. The van der Waals surface area contributed by atoms with Gasteiger partial charge in [0.15, 0.2) is 0 Å². The van der Waals surface area contributed by atoms with E-state index in [9.17, 15) is 9.90 Å². The smallest absolute Gasteiger partial charge is 0.306 e. The van der Waals surface area contributed by atoms with Crippen LogP contribution in [0.15, 0.2) is 0 Å². The van der Waals surface area contributed by atoms with Gasteiger partial charge in [-0.25, -0.2) is 0 Å². The fraction of sp³-hybridized carbons (Fsp3) is 0.933. The summed E-state index contributed by atoms with van der Waals surface area (Å²) in [5.41, 5.74) is 0. The number of aliphatic hydroxyl groups excluding tert-OH is 1. The van der Waals surface area contributed by atoms with Crippen LogP contribution < -0.4 is 5.32 Å². The van der Waals surface area contributed by atoms with E-state index in [2.05, 4.69) is 5.32 Å². The van der Waals surface area contributed by atoms with Crippen LogP contribution in [-0.2, 0) is 14.3 Å². The lowest BCUT2D eigenvalue weighted by Crippen LogP contribution is -2.36. The predicted octanol–water partition coefficient (Wildman–Crippen LogP) is 0.879. The third-order valence-electron chi connectivity index (χ3n) is 3.98. The number of carbonyl (C=O) groups is 1. The SMILES string of the molecule is COCC(C)OCC(O)CNCC1CCC(C(=O)O)CC1. The van der Waals surface area contributed by atoms with E-state index < -0.39 is 12.1 Å². The van der Waals surface area contributed by atoms with Crippen molar-refractivity contribution < 1.29 is 24.5 Å². The van der Waals surface area contributed by atoms with Crippen molar-refractivity contribution in [1.29, 1.82) is 0 Å². The molecule has 0 aromatic carbocycles. The number of carboxylic acid groups (broad SMARTS) is 1. The zero-order valence-corrected chi connectivity index (χ0v) is 13.1. The first-order valence-corrected chi connectivity index (χ1v) is 7.75. The Bertz CT molecular complexity index is 292. The van der Waals surface area contributed by atoms with Crippen molar-refractivity contribution in [3.63, 3.8) is 0 Å². The topological polar surface area (TPSA) is 88.0 Å². The van der Waals surface area contributed by atoms with Crippen LogP contribution in [0.3, 0.4) is 0 Å². The molecule has 6 nitrogen and oxygen atoms in total. The van der Waals surface area contributed by atoms with Crippen LogP contribution in [0.5, 0.6) is 0 Å². The molecule has 0 spiro atoms. The average Bonchev–Trinajstić information content (AvgIpc) is 2.46. The van der Waals surface area contributed by atoms with E-state index in [4.69, 9.17) is 14.6 Å². The summed E-state index contributed by atoms with van der Waals surface area (Å²) in [5.74, 6) is -0.317. The molecule has 0 bridgehead atoms. The molecular formula is C15H29NO5. The molecule has 0 heterocycles. The molecule has 0 radical (unpaired) electrons. The first kappa shape index (κ1) is 18.4. The second-order valence-corrected chi connectivity index (χ2v) is 5.97. The second-order valence-electron chi connectivity index (χ2n) is 5.97. The third-order valence-corrected chi connectivity index (χ3v) is 3.98. The fourth-order valence-corrected chi connectivity index (χ4v) is 2.68. The maximum atomic E-state index is 10.9. The molecule has 1 aliphatic rings. The van der Waals surface area contributed by atoms with Gasteiger partial charge >= 0.3 is 5.97 Å². The zero-order valence-electron chi connectivity index (χ0n) is 13.1. The Labute approximate surface area is 126 Å². The molecule has 3 N–H and O–H groups in total. The molecular weight excluding hydrogens is 274 g/mol. The highest BCUT2D eigenvalue weighted by molar-refractivity contribution is 5.69. The summed E-state index contributed by atoms with van der Waals surface area (Å²) in [4.78, 5) is 10.9. The molecule has 0 aromatic heterocycles. The molecule has 1 fully saturated rings. The van der Waals surface area contributed by atoms with Gasteiger partial charge in [0.05, 0.1) is 31.3 Å². The van der Waals surface area contributed by atoms with E-state index >= 15 is 0 Å². The van der Waals surface area contributed by atoms with Crippen molar-refractivity contribution in [2.75, 3.05) is 33.4 Å². The molecule has 1 aliphatic carbocycles. The van der Waals surface area contributed by atoms with E-state index in [1.807, 2.05) is 6.92 Å². The van der Waals surface area contributed by atoms with E-state index in [1.165, 1.54) is 0 Å². The van der Waals surface area contributed by atoms with Crippen LogP contribution in [-0.4, -0.2) is 61.8 Å². The van der Waals surface area contributed by atoms with Gasteiger partial charge in [0.2, 0.25) is 0 Å². The molecule has 0 amide bonds. The summed E-state index contributed by atoms with van der Waals surface area (Å²) in [7, 11) is 1.62. The van der Waals surface area contributed by atoms with Crippen LogP contribution in [0.1, 0.15) is 32.6 Å². The van der Waals surface area contributed by atoms with Gasteiger partial charge in [-0.2, -0.15) is 0 Å². The lowest BCUT2D eigenvalue weighted by atomic mass is 9.82. The number of hydrogen-bond acceptors (Lipinski definition) is 5. The number of carboxylic acids is 1. The molecule has 2 unspecified atom stereocenters. The van der Waals surface area contributed by atoms with Crippen LogP contribution in [0.4, 0.5) is 0 Å².